The van der Waals surface area contributed by atoms with E-state index in [0.29, 0.717) is 5.92 Å². The Labute approximate surface area is 129 Å². The number of piperidine rings is 1. The zero-order valence-electron chi connectivity index (χ0n) is 13.6. The lowest BCUT2D eigenvalue weighted by atomic mass is 10.1. The summed E-state index contributed by atoms with van der Waals surface area (Å²) in [5.41, 5.74) is 8.81. The van der Waals surface area contributed by atoms with Crippen LogP contribution in [0.25, 0.3) is 0 Å². The van der Waals surface area contributed by atoms with Crippen LogP contribution in [0.2, 0.25) is 0 Å². The molecular formula is C18H31N3. The number of likely N-dealkylation sites (tertiary alicyclic amines) is 1. The average molecular weight is 289 g/mol. The Morgan fingerprint density at radius 1 is 1.05 bits per heavy atom. The summed E-state index contributed by atoms with van der Waals surface area (Å²) in [6.45, 7) is 9.75. The lowest BCUT2D eigenvalue weighted by Gasteiger charge is -2.26. The Morgan fingerprint density at radius 3 is 2.29 bits per heavy atom. The molecule has 3 heteroatoms. The summed E-state index contributed by atoms with van der Waals surface area (Å²) in [7, 11) is 0. The number of hydrogen-bond acceptors (Lipinski definition) is 3. The first-order chi connectivity index (χ1) is 10.1. The third-order valence-electron chi connectivity index (χ3n) is 4.44. The van der Waals surface area contributed by atoms with Gasteiger partial charge in [0.05, 0.1) is 0 Å². The van der Waals surface area contributed by atoms with E-state index in [1.807, 2.05) is 0 Å². The predicted molar refractivity (Wildman–Crippen MR) is 90.1 cm³/mol. The van der Waals surface area contributed by atoms with E-state index in [0.717, 1.165) is 19.6 Å². The summed E-state index contributed by atoms with van der Waals surface area (Å²) in [6, 6.07) is 9.27. The summed E-state index contributed by atoms with van der Waals surface area (Å²) < 4.78 is 0. The van der Waals surface area contributed by atoms with Crippen molar-refractivity contribution in [3.8, 4) is 0 Å². The van der Waals surface area contributed by atoms with Crippen molar-refractivity contribution in [1.82, 2.24) is 10.2 Å². The largest absolute Gasteiger partial charge is 0.326 e. The third-order valence-corrected chi connectivity index (χ3v) is 4.44. The maximum atomic E-state index is 6.04. The van der Waals surface area contributed by atoms with E-state index in [4.69, 9.17) is 5.73 Å². The molecule has 1 atom stereocenters. The smallest absolute Gasteiger partial charge is 0.0233 e. The maximum Gasteiger partial charge on any atom is 0.0233 e. The molecule has 3 nitrogen and oxygen atoms in total. The second kappa shape index (κ2) is 8.52. The van der Waals surface area contributed by atoms with Gasteiger partial charge >= 0.3 is 0 Å². The highest BCUT2D eigenvalue weighted by Gasteiger charge is 2.10. The molecule has 1 aromatic rings. The van der Waals surface area contributed by atoms with Crippen LogP contribution in [-0.2, 0) is 13.1 Å². The molecule has 0 radical (unpaired) electrons. The molecule has 21 heavy (non-hydrogen) atoms. The molecule has 1 saturated heterocycles. The minimum Gasteiger partial charge on any atom is -0.326 e. The summed E-state index contributed by atoms with van der Waals surface area (Å²) in [5.74, 6) is 0.532. The molecule has 1 heterocycles. The van der Waals surface area contributed by atoms with E-state index in [-0.39, 0.29) is 6.04 Å². The van der Waals surface area contributed by atoms with Gasteiger partial charge in [0.1, 0.15) is 0 Å². The van der Waals surface area contributed by atoms with E-state index in [2.05, 4.69) is 48.3 Å². The maximum absolute atomic E-state index is 6.04. The minimum absolute atomic E-state index is 0.239. The number of nitrogens with one attached hydrogen (secondary N) is 1. The number of hydrogen-bond donors (Lipinski definition) is 2. The van der Waals surface area contributed by atoms with Gasteiger partial charge in [-0.25, -0.2) is 0 Å². The van der Waals surface area contributed by atoms with Gasteiger partial charge in [-0.1, -0.05) is 44.5 Å². The van der Waals surface area contributed by atoms with Crippen molar-refractivity contribution in [2.75, 3.05) is 19.6 Å². The highest BCUT2D eigenvalue weighted by Crippen LogP contribution is 2.13. The van der Waals surface area contributed by atoms with Crippen LogP contribution in [-0.4, -0.2) is 30.6 Å². The van der Waals surface area contributed by atoms with Crippen LogP contribution in [0.1, 0.15) is 44.2 Å². The van der Waals surface area contributed by atoms with E-state index in [1.165, 1.54) is 43.5 Å². The van der Waals surface area contributed by atoms with Gasteiger partial charge in [0.15, 0.2) is 0 Å². The standard InChI is InChI=1S/C18H31N3/c1-15(2)18(19)13-20-12-16-6-8-17(9-7-16)14-21-10-4-3-5-11-21/h6-9,15,18,20H,3-5,10-14,19H2,1-2H3. The van der Waals surface area contributed by atoms with Crippen LogP contribution in [0.15, 0.2) is 24.3 Å². The zero-order valence-corrected chi connectivity index (χ0v) is 13.6. The Morgan fingerprint density at radius 2 is 1.67 bits per heavy atom. The van der Waals surface area contributed by atoms with Crippen molar-refractivity contribution in [2.24, 2.45) is 11.7 Å². The van der Waals surface area contributed by atoms with Gasteiger partial charge in [0.2, 0.25) is 0 Å². The molecule has 1 aliphatic rings. The molecule has 0 bridgehead atoms. The van der Waals surface area contributed by atoms with Gasteiger partial charge in [-0.05, 0) is 43.0 Å². The normalized spacial score (nSPS) is 18.1. The van der Waals surface area contributed by atoms with Crippen molar-refractivity contribution in [3.63, 3.8) is 0 Å². The molecule has 2 rings (SSSR count). The van der Waals surface area contributed by atoms with Crippen LogP contribution >= 0.6 is 0 Å². The highest BCUT2D eigenvalue weighted by atomic mass is 15.1. The molecule has 0 amide bonds. The molecule has 0 aromatic heterocycles. The van der Waals surface area contributed by atoms with E-state index in [1.54, 1.807) is 0 Å². The number of nitrogens with two attached hydrogens (primary N) is 1. The van der Waals surface area contributed by atoms with Crippen LogP contribution in [0.4, 0.5) is 0 Å². The van der Waals surface area contributed by atoms with E-state index in [9.17, 15) is 0 Å². The molecule has 0 aliphatic carbocycles. The molecule has 1 fully saturated rings. The fourth-order valence-corrected chi connectivity index (χ4v) is 2.76. The van der Waals surface area contributed by atoms with Gasteiger partial charge in [0.25, 0.3) is 0 Å². The summed E-state index contributed by atoms with van der Waals surface area (Å²) in [6.07, 6.45) is 4.12. The highest BCUT2D eigenvalue weighted by molar-refractivity contribution is 5.22. The molecule has 118 valence electrons. The molecule has 0 saturated carbocycles. The van der Waals surface area contributed by atoms with Gasteiger partial charge in [0, 0.05) is 25.7 Å². The molecule has 1 aliphatic heterocycles. The second-order valence-corrected chi connectivity index (χ2v) is 6.69. The fourth-order valence-electron chi connectivity index (χ4n) is 2.76. The number of nitrogens with zero attached hydrogens (tertiary/aromatic N) is 1. The Balaban J connectivity index is 1.73. The topological polar surface area (TPSA) is 41.3 Å². The van der Waals surface area contributed by atoms with Gasteiger partial charge in [-0.15, -0.1) is 0 Å². The number of rotatable bonds is 7. The van der Waals surface area contributed by atoms with Crippen molar-refractivity contribution in [1.29, 1.82) is 0 Å². The molecule has 1 aromatic carbocycles. The minimum atomic E-state index is 0.239. The number of benzene rings is 1. The molecule has 3 N–H and O–H groups in total. The lowest BCUT2D eigenvalue weighted by Crippen LogP contribution is -2.37. The van der Waals surface area contributed by atoms with Gasteiger partial charge < -0.3 is 11.1 Å². The first-order valence-electron chi connectivity index (χ1n) is 8.41. The van der Waals surface area contributed by atoms with Crippen molar-refractivity contribution >= 4 is 0 Å². The van der Waals surface area contributed by atoms with Crippen molar-refractivity contribution in [3.05, 3.63) is 35.4 Å². The Bertz CT molecular complexity index is 393. The summed E-state index contributed by atoms with van der Waals surface area (Å²) >= 11 is 0. The van der Waals surface area contributed by atoms with Crippen molar-refractivity contribution in [2.45, 2.75) is 52.2 Å². The van der Waals surface area contributed by atoms with Crippen LogP contribution in [0.5, 0.6) is 0 Å². The molecule has 0 spiro atoms. The van der Waals surface area contributed by atoms with Gasteiger partial charge in [-0.3, -0.25) is 4.90 Å². The quantitative estimate of drug-likeness (QED) is 0.811. The summed E-state index contributed by atoms with van der Waals surface area (Å²) in [5, 5.41) is 3.45. The fraction of sp³-hybridized carbons (Fsp3) is 0.667. The monoisotopic (exact) mass is 289 g/mol. The first kappa shape index (κ1) is 16.5. The molecular weight excluding hydrogens is 258 g/mol. The zero-order chi connectivity index (χ0) is 15.1. The third kappa shape index (κ3) is 5.77. The predicted octanol–water partition coefficient (Wildman–Crippen LogP) is 2.75. The average Bonchev–Trinajstić information content (AvgIpc) is 2.50. The Kier molecular flexibility index (Phi) is 6.68. The van der Waals surface area contributed by atoms with Gasteiger partial charge in [-0.2, -0.15) is 0 Å². The van der Waals surface area contributed by atoms with E-state index < -0.39 is 0 Å². The second-order valence-electron chi connectivity index (χ2n) is 6.69. The SMILES string of the molecule is CC(C)C(N)CNCc1ccc(CN2CCCCC2)cc1. The van der Waals surface area contributed by atoms with Crippen LogP contribution in [0, 0.1) is 5.92 Å². The lowest BCUT2D eigenvalue weighted by molar-refractivity contribution is 0.221. The Hall–Kier alpha value is -0.900. The van der Waals surface area contributed by atoms with E-state index >= 15 is 0 Å². The van der Waals surface area contributed by atoms with Crippen LogP contribution < -0.4 is 11.1 Å². The van der Waals surface area contributed by atoms with Crippen LogP contribution in [0.3, 0.4) is 0 Å². The van der Waals surface area contributed by atoms with Crippen molar-refractivity contribution < 1.29 is 0 Å². The molecule has 1 unspecified atom stereocenters. The first-order valence-corrected chi connectivity index (χ1v) is 8.41. The summed E-state index contributed by atoms with van der Waals surface area (Å²) in [4.78, 5) is 2.57.